The minimum atomic E-state index is -0.267. The summed E-state index contributed by atoms with van der Waals surface area (Å²) in [5.74, 6) is -0.315. The Morgan fingerprint density at radius 3 is 2.65 bits per heavy atom. The van der Waals surface area contributed by atoms with E-state index in [1.807, 2.05) is 0 Å². The fraction of sp³-hybridized carbons (Fsp3) is 0.533. The van der Waals surface area contributed by atoms with E-state index in [1.54, 1.807) is 24.1 Å². The van der Waals surface area contributed by atoms with E-state index < -0.39 is 0 Å². The molecule has 1 saturated heterocycles. The molecule has 1 aliphatic heterocycles. The summed E-state index contributed by atoms with van der Waals surface area (Å²) in [5.41, 5.74) is 0.907. The van der Waals surface area contributed by atoms with Crippen LogP contribution in [0.2, 0.25) is 0 Å². The number of likely N-dealkylation sites (N-methyl/N-ethyl adjacent to an activating group) is 1. The highest BCUT2D eigenvalue weighted by Gasteiger charge is 2.16. The summed E-state index contributed by atoms with van der Waals surface area (Å²) in [6.07, 6.45) is 2.09. The number of halogens is 1. The number of amides is 1. The van der Waals surface area contributed by atoms with E-state index in [0.717, 1.165) is 31.5 Å². The Balaban J connectivity index is 1.75. The topological polar surface area (TPSA) is 41.6 Å². The molecule has 1 aromatic rings. The largest absolute Gasteiger partial charge is 0.368 e. The van der Waals surface area contributed by atoms with Gasteiger partial charge in [-0.1, -0.05) is 12.1 Å². The second-order valence-corrected chi connectivity index (χ2v) is 5.14. The van der Waals surface area contributed by atoms with Crippen LogP contribution in [-0.2, 0) is 16.1 Å². The fourth-order valence-corrected chi connectivity index (χ4v) is 2.21. The van der Waals surface area contributed by atoms with Crippen molar-refractivity contribution < 1.29 is 13.9 Å². The molecule has 0 spiro atoms. The van der Waals surface area contributed by atoms with E-state index in [9.17, 15) is 9.18 Å². The lowest BCUT2D eigenvalue weighted by atomic mass is 10.1. The number of hydrogen-bond acceptors (Lipinski definition) is 3. The van der Waals surface area contributed by atoms with Crippen molar-refractivity contribution in [1.29, 1.82) is 0 Å². The average molecular weight is 280 g/mol. The Morgan fingerprint density at radius 1 is 1.35 bits per heavy atom. The molecule has 5 heteroatoms. The smallest absolute Gasteiger partial charge is 0.248 e. The van der Waals surface area contributed by atoms with E-state index in [2.05, 4.69) is 5.32 Å². The monoisotopic (exact) mass is 280 g/mol. The van der Waals surface area contributed by atoms with Gasteiger partial charge in [0.2, 0.25) is 5.91 Å². The van der Waals surface area contributed by atoms with Gasteiger partial charge in [0, 0.05) is 13.6 Å². The fourth-order valence-electron chi connectivity index (χ4n) is 2.21. The molecule has 0 atom stereocenters. The Bertz CT molecular complexity index is 430. The summed E-state index contributed by atoms with van der Waals surface area (Å²) in [6, 6.07) is 6.18. The molecular formula is C15H21FN2O2. The molecule has 0 unspecified atom stereocenters. The number of nitrogens with one attached hydrogen (secondary N) is 1. The summed E-state index contributed by atoms with van der Waals surface area (Å²) >= 11 is 0. The quantitative estimate of drug-likeness (QED) is 0.890. The number of hydrogen-bond donors (Lipinski definition) is 1. The van der Waals surface area contributed by atoms with Gasteiger partial charge in [0.05, 0.1) is 6.10 Å². The van der Waals surface area contributed by atoms with Crippen LogP contribution in [0.4, 0.5) is 4.39 Å². The molecule has 0 saturated carbocycles. The first-order valence-electron chi connectivity index (χ1n) is 6.96. The first-order valence-corrected chi connectivity index (χ1v) is 6.96. The van der Waals surface area contributed by atoms with Crippen LogP contribution in [-0.4, -0.2) is 43.7 Å². The van der Waals surface area contributed by atoms with Crippen molar-refractivity contribution in [1.82, 2.24) is 10.2 Å². The molecule has 4 nitrogen and oxygen atoms in total. The minimum absolute atomic E-state index is 0.0483. The second kappa shape index (κ2) is 7.36. The molecule has 1 N–H and O–H groups in total. The average Bonchev–Trinajstić information content (AvgIpc) is 2.48. The zero-order chi connectivity index (χ0) is 14.4. The van der Waals surface area contributed by atoms with Gasteiger partial charge in [-0.15, -0.1) is 0 Å². The highest BCUT2D eigenvalue weighted by atomic mass is 19.1. The number of piperidine rings is 1. The summed E-state index contributed by atoms with van der Waals surface area (Å²) in [5, 5.41) is 3.26. The molecule has 110 valence electrons. The molecule has 0 aliphatic carbocycles. The van der Waals surface area contributed by atoms with Gasteiger partial charge in [-0.3, -0.25) is 4.79 Å². The first kappa shape index (κ1) is 14.9. The summed E-state index contributed by atoms with van der Waals surface area (Å²) in [4.78, 5) is 13.6. The molecule has 0 bridgehead atoms. The van der Waals surface area contributed by atoms with E-state index in [0.29, 0.717) is 6.54 Å². The molecule has 1 aromatic carbocycles. The van der Waals surface area contributed by atoms with Crippen LogP contribution in [0.25, 0.3) is 0 Å². The highest BCUT2D eigenvalue weighted by Crippen LogP contribution is 2.09. The predicted molar refractivity (Wildman–Crippen MR) is 74.7 cm³/mol. The van der Waals surface area contributed by atoms with Gasteiger partial charge in [0.15, 0.2) is 0 Å². The molecule has 1 amide bonds. The molecule has 0 aromatic heterocycles. The normalized spacial score (nSPS) is 16.1. The predicted octanol–water partition coefficient (Wildman–Crippen LogP) is 1.55. The van der Waals surface area contributed by atoms with Crippen LogP contribution in [0.15, 0.2) is 24.3 Å². The zero-order valence-electron chi connectivity index (χ0n) is 11.8. The van der Waals surface area contributed by atoms with Crippen LogP contribution < -0.4 is 5.32 Å². The SMILES string of the molecule is CN(Cc1ccc(F)cc1)C(=O)COC1CCNCC1. The maximum atomic E-state index is 12.8. The van der Waals surface area contributed by atoms with Crippen LogP contribution in [0.1, 0.15) is 18.4 Å². The molecule has 0 radical (unpaired) electrons. The van der Waals surface area contributed by atoms with Crippen molar-refractivity contribution in [2.75, 3.05) is 26.7 Å². The summed E-state index contributed by atoms with van der Waals surface area (Å²) < 4.78 is 18.4. The van der Waals surface area contributed by atoms with Crippen LogP contribution in [0, 0.1) is 5.82 Å². The summed E-state index contributed by atoms with van der Waals surface area (Å²) in [7, 11) is 1.73. The third kappa shape index (κ3) is 4.58. The lowest BCUT2D eigenvalue weighted by molar-refractivity contribution is -0.137. The molecule has 1 heterocycles. The van der Waals surface area contributed by atoms with Crippen molar-refractivity contribution in [2.24, 2.45) is 0 Å². The maximum absolute atomic E-state index is 12.8. The maximum Gasteiger partial charge on any atom is 0.248 e. The lowest BCUT2D eigenvalue weighted by Gasteiger charge is -2.24. The Labute approximate surface area is 118 Å². The third-order valence-corrected chi connectivity index (χ3v) is 3.49. The standard InChI is InChI=1S/C15H21FN2O2/c1-18(10-12-2-4-13(16)5-3-12)15(19)11-20-14-6-8-17-9-7-14/h2-5,14,17H,6-11H2,1H3. The van der Waals surface area contributed by atoms with Crippen molar-refractivity contribution >= 4 is 5.91 Å². The second-order valence-electron chi connectivity index (χ2n) is 5.14. The molecule has 1 fully saturated rings. The van der Waals surface area contributed by atoms with Gasteiger partial charge in [0.1, 0.15) is 12.4 Å². The molecule has 2 rings (SSSR count). The number of carbonyl (C=O) groups is 1. The van der Waals surface area contributed by atoms with Gasteiger partial charge in [-0.2, -0.15) is 0 Å². The van der Waals surface area contributed by atoms with E-state index in [-0.39, 0.29) is 24.4 Å². The van der Waals surface area contributed by atoms with Crippen molar-refractivity contribution in [2.45, 2.75) is 25.5 Å². The van der Waals surface area contributed by atoms with Gasteiger partial charge in [0.25, 0.3) is 0 Å². The Morgan fingerprint density at radius 2 is 2.00 bits per heavy atom. The summed E-state index contributed by atoms with van der Waals surface area (Å²) in [6.45, 7) is 2.48. The molecule has 1 aliphatic rings. The number of rotatable bonds is 5. The molecule has 20 heavy (non-hydrogen) atoms. The Hall–Kier alpha value is -1.46. The van der Waals surface area contributed by atoms with E-state index in [1.165, 1.54) is 12.1 Å². The third-order valence-electron chi connectivity index (χ3n) is 3.49. The van der Waals surface area contributed by atoms with E-state index >= 15 is 0 Å². The number of nitrogens with zero attached hydrogens (tertiary/aromatic N) is 1. The molecular weight excluding hydrogens is 259 g/mol. The number of ether oxygens (including phenoxy) is 1. The number of benzene rings is 1. The van der Waals surface area contributed by atoms with Crippen LogP contribution >= 0.6 is 0 Å². The van der Waals surface area contributed by atoms with Crippen molar-refractivity contribution in [3.8, 4) is 0 Å². The van der Waals surface area contributed by atoms with Crippen molar-refractivity contribution in [3.05, 3.63) is 35.6 Å². The Kier molecular flexibility index (Phi) is 5.49. The van der Waals surface area contributed by atoms with Gasteiger partial charge < -0.3 is 15.0 Å². The minimum Gasteiger partial charge on any atom is -0.368 e. The zero-order valence-corrected chi connectivity index (χ0v) is 11.8. The number of carbonyl (C=O) groups excluding carboxylic acids is 1. The highest BCUT2D eigenvalue weighted by molar-refractivity contribution is 5.77. The van der Waals surface area contributed by atoms with Gasteiger partial charge >= 0.3 is 0 Å². The van der Waals surface area contributed by atoms with Crippen LogP contribution in [0.3, 0.4) is 0 Å². The first-order chi connectivity index (χ1) is 9.65. The van der Waals surface area contributed by atoms with E-state index in [4.69, 9.17) is 4.74 Å². The lowest BCUT2D eigenvalue weighted by Crippen LogP contribution is -2.36. The van der Waals surface area contributed by atoms with Gasteiger partial charge in [-0.25, -0.2) is 4.39 Å². The van der Waals surface area contributed by atoms with Crippen molar-refractivity contribution in [3.63, 3.8) is 0 Å². The van der Waals surface area contributed by atoms with Crippen LogP contribution in [0.5, 0.6) is 0 Å². The van der Waals surface area contributed by atoms with Gasteiger partial charge in [-0.05, 0) is 43.6 Å².